The second-order valence-electron chi connectivity index (χ2n) is 2.93. The number of nitrogen functional groups attached to an aromatic ring is 1. The minimum atomic E-state index is 0.192. The smallest absolute Gasteiger partial charge is 0.233 e. The van der Waals surface area contributed by atoms with Gasteiger partial charge in [0, 0.05) is 23.1 Å². The summed E-state index contributed by atoms with van der Waals surface area (Å²) in [5.41, 5.74) is 5.45. The fourth-order valence-corrected chi connectivity index (χ4v) is 2.51. The van der Waals surface area contributed by atoms with E-state index in [9.17, 15) is 0 Å². The Hall–Kier alpha value is -1.21. The van der Waals surface area contributed by atoms with Crippen LogP contribution in [0.1, 0.15) is 24.4 Å². The second kappa shape index (κ2) is 4.54. The van der Waals surface area contributed by atoms with Crippen molar-refractivity contribution >= 4 is 33.9 Å². The van der Waals surface area contributed by atoms with Gasteiger partial charge >= 0.3 is 0 Å². The molecule has 2 aromatic heterocycles. The molecule has 0 fully saturated rings. The molecular weight excluding hydrogens is 230 g/mol. The molecule has 3 N–H and O–H groups in total. The molecule has 0 radical (unpaired) electrons. The summed E-state index contributed by atoms with van der Waals surface area (Å²) in [6.07, 6.45) is 2.76. The topological polar surface area (TPSA) is 76.7 Å². The van der Waals surface area contributed by atoms with Crippen LogP contribution < -0.4 is 11.1 Å². The Bertz CT molecular complexity index is 410. The Morgan fingerprint density at radius 1 is 1.60 bits per heavy atom. The van der Waals surface area contributed by atoms with Crippen molar-refractivity contribution in [3.63, 3.8) is 0 Å². The highest BCUT2D eigenvalue weighted by atomic mass is 32.1. The Kier molecular flexibility index (Phi) is 3.12. The Balaban J connectivity index is 2.09. The molecule has 2 rings (SSSR count). The van der Waals surface area contributed by atoms with Crippen LogP contribution in [0, 0.1) is 0 Å². The van der Waals surface area contributed by atoms with Gasteiger partial charge in [0.05, 0.1) is 6.04 Å². The molecule has 15 heavy (non-hydrogen) atoms. The van der Waals surface area contributed by atoms with E-state index in [1.54, 1.807) is 17.5 Å². The first-order valence-corrected chi connectivity index (χ1v) is 6.20. The minimum absolute atomic E-state index is 0.192. The maximum absolute atomic E-state index is 5.45. The summed E-state index contributed by atoms with van der Waals surface area (Å²) >= 11 is 2.90. The number of hydrogen-bond acceptors (Lipinski definition) is 7. The molecule has 2 aromatic rings. The largest absolute Gasteiger partial charge is 0.367 e. The third-order valence-electron chi connectivity index (χ3n) is 1.90. The first-order valence-electron chi connectivity index (χ1n) is 4.54. The van der Waals surface area contributed by atoms with Crippen LogP contribution >= 0.6 is 22.9 Å². The average Bonchev–Trinajstić information content (AvgIpc) is 2.85. The summed E-state index contributed by atoms with van der Waals surface area (Å²) in [5, 5.41) is 7.04. The molecule has 2 heterocycles. The average molecular weight is 241 g/mol. The minimum Gasteiger partial charge on any atom is -0.367 e. The van der Waals surface area contributed by atoms with Crippen molar-refractivity contribution in [1.29, 1.82) is 0 Å². The van der Waals surface area contributed by atoms with Gasteiger partial charge in [0.25, 0.3) is 0 Å². The molecule has 1 atom stereocenters. The van der Waals surface area contributed by atoms with Crippen LogP contribution in [0.15, 0.2) is 11.6 Å². The number of rotatable bonds is 4. The van der Waals surface area contributed by atoms with E-state index < -0.39 is 0 Å². The van der Waals surface area contributed by atoms with E-state index in [1.807, 2.05) is 5.38 Å². The van der Waals surface area contributed by atoms with Crippen LogP contribution in [0.4, 0.5) is 11.1 Å². The van der Waals surface area contributed by atoms with E-state index in [1.165, 1.54) is 11.5 Å². The molecule has 0 spiro atoms. The molecule has 0 aromatic carbocycles. The van der Waals surface area contributed by atoms with E-state index in [0.717, 1.165) is 16.6 Å². The SMILES string of the molecule is CCC(Nc1nc(N)ns1)c1nccs1. The van der Waals surface area contributed by atoms with Crippen molar-refractivity contribution in [2.24, 2.45) is 0 Å². The van der Waals surface area contributed by atoms with Crippen LogP contribution in [0.3, 0.4) is 0 Å². The van der Waals surface area contributed by atoms with Crippen molar-refractivity contribution < 1.29 is 0 Å². The number of thiazole rings is 1. The van der Waals surface area contributed by atoms with Crippen LogP contribution in [-0.4, -0.2) is 14.3 Å². The first kappa shape index (κ1) is 10.3. The molecule has 0 aliphatic rings. The highest BCUT2D eigenvalue weighted by molar-refractivity contribution is 7.10. The predicted octanol–water partition coefficient (Wildman–Crippen LogP) is 2.14. The number of nitrogens with zero attached hydrogens (tertiary/aromatic N) is 3. The van der Waals surface area contributed by atoms with Crippen molar-refractivity contribution in [3.05, 3.63) is 16.6 Å². The molecule has 0 saturated heterocycles. The summed E-state index contributed by atoms with van der Waals surface area (Å²) in [5.74, 6) is 0.316. The van der Waals surface area contributed by atoms with Gasteiger partial charge in [-0.3, -0.25) is 0 Å². The molecule has 80 valence electrons. The molecule has 7 heteroatoms. The van der Waals surface area contributed by atoms with E-state index in [2.05, 4.69) is 26.6 Å². The molecule has 0 aliphatic heterocycles. The zero-order valence-electron chi connectivity index (χ0n) is 8.17. The number of nitrogens with one attached hydrogen (secondary N) is 1. The molecular formula is C8H11N5S2. The summed E-state index contributed by atoms with van der Waals surface area (Å²) in [6, 6.07) is 0.192. The first-order chi connectivity index (χ1) is 7.29. The predicted molar refractivity (Wildman–Crippen MR) is 63.1 cm³/mol. The lowest BCUT2D eigenvalue weighted by molar-refractivity contribution is 0.741. The third-order valence-corrected chi connectivity index (χ3v) is 3.45. The van der Waals surface area contributed by atoms with E-state index in [0.29, 0.717) is 5.95 Å². The van der Waals surface area contributed by atoms with Gasteiger partial charge in [0.1, 0.15) is 5.01 Å². The zero-order chi connectivity index (χ0) is 10.7. The zero-order valence-corrected chi connectivity index (χ0v) is 9.81. The molecule has 0 amide bonds. The number of hydrogen-bond donors (Lipinski definition) is 2. The van der Waals surface area contributed by atoms with Crippen molar-refractivity contribution in [2.45, 2.75) is 19.4 Å². The summed E-state index contributed by atoms with van der Waals surface area (Å²) in [4.78, 5) is 8.33. The van der Waals surface area contributed by atoms with Gasteiger partial charge in [-0.2, -0.15) is 9.36 Å². The summed E-state index contributed by atoms with van der Waals surface area (Å²) < 4.78 is 3.91. The van der Waals surface area contributed by atoms with Crippen LogP contribution in [0.25, 0.3) is 0 Å². The quantitative estimate of drug-likeness (QED) is 0.857. The highest BCUT2D eigenvalue weighted by Crippen LogP contribution is 2.25. The van der Waals surface area contributed by atoms with Crippen molar-refractivity contribution in [3.8, 4) is 0 Å². The van der Waals surface area contributed by atoms with Gasteiger partial charge in [-0.25, -0.2) is 4.98 Å². The number of nitrogens with two attached hydrogens (primary N) is 1. The standard InChI is InChI=1S/C8H11N5S2/c1-2-5(6-10-3-4-14-6)11-8-12-7(9)13-15-8/h3-5H,2H2,1H3,(H3,9,11,12,13). The Morgan fingerprint density at radius 2 is 2.47 bits per heavy atom. The van der Waals surface area contributed by atoms with Gasteiger partial charge in [-0.15, -0.1) is 11.3 Å². The van der Waals surface area contributed by atoms with Crippen molar-refractivity contribution in [1.82, 2.24) is 14.3 Å². The summed E-state index contributed by atoms with van der Waals surface area (Å²) in [6.45, 7) is 2.10. The molecule has 1 unspecified atom stereocenters. The number of aromatic nitrogens is 3. The maximum Gasteiger partial charge on any atom is 0.233 e. The molecule has 0 aliphatic carbocycles. The maximum atomic E-state index is 5.45. The van der Waals surface area contributed by atoms with Gasteiger partial charge in [-0.1, -0.05) is 6.92 Å². The fraction of sp³-hybridized carbons (Fsp3) is 0.375. The van der Waals surface area contributed by atoms with Gasteiger partial charge in [0.2, 0.25) is 11.1 Å². The lowest BCUT2D eigenvalue weighted by Gasteiger charge is -2.12. The fourth-order valence-electron chi connectivity index (χ4n) is 1.19. The van der Waals surface area contributed by atoms with Crippen LogP contribution in [-0.2, 0) is 0 Å². The normalized spacial score (nSPS) is 12.6. The van der Waals surface area contributed by atoms with Gasteiger partial charge < -0.3 is 11.1 Å². The molecule has 0 bridgehead atoms. The lowest BCUT2D eigenvalue weighted by Crippen LogP contribution is -2.09. The lowest BCUT2D eigenvalue weighted by atomic mass is 10.2. The molecule has 0 saturated carbocycles. The second-order valence-corrected chi connectivity index (χ2v) is 4.61. The van der Waals surface area contributed by atoms with E-state index >= 15 is 0 Å². The van der Waals surface area contributed by atoms with Crippen LogP contribution in [0.5, 0.6) is 0 Å². The monoisotopic (exact) mass is 241 g/mol. The van der Waals surface area contributed by atoms with Gasteiger partial charge in [0.15, 0.2) is 0 Å². The number of anilines is 2. The van der Waals surface area contributed by atoms with Gasteiger partial charge in [-0.05, 0) is 6.42 Å². The third kappa shape index (κ3) is 2.42. The Morgan fingerprint density at radius 3 is 3.00 bits per heavy atom. The molecule has 5 nitrogen and oxygen atoms in total. The van der Waals surface area contributed by atoms with Crippen molar-refractivity contribution in [2.75, 3.05) is 11.1 Å². The highest BCUT2D eigenvalue weighted by Gasteiger charge is 2.13. The van der Waals surface area contributed by atoms with E-state index in [4.69, 9.17) is 5.73 Å². The van der Waals surface area contributed by atoms with E-state index in [-0.39, 0.29) is 6.04 Å². The van der Waals surface area contributed by atoms with Crippen LogP contribution in [0.2, 0.25) is 0 Å². The Labute approximate surface area is 95.6 Å². The summed E-state index contributed by atoms with van der Waals surface area (Å²) in [7, 11) is 0.